The Labute approximate surface area is 201 Å². The molecule has 0 aromatic heterocycles. The van der Waals surface area contributed by atoms with Crippen LogP contribution in [0.25, 0.3) is 5.57 Å². The van der Waals surface area contributed by atoms with E-state index in [-0.39, 0.29) is 0 Å². The number of rotatable bonds is 4. The third-order valence-electron chi connectivity index (χ3n) is 7.53. The fourth-order valence-electron chi connectivity index (χ4n) is 5.77. The Kier molecular flexibility index (Phi) is 6.83. The topological polar surface area (TPSA) is 0 Å². The van der Waals surface area contributed by atoms with Gasteiger partial charge in [0.2, 0.25) is 0 Å². The second-order valence-corrected chi connectivity index (χ2v) is 27.5. The van der Waals surface area contributed by atoms with Crippen molar-refractivity contribution in [1.29, 1.82) is 0 Å². The van der Waals surface area contributed by atoms with E-state index < -0.39 is 25.8 Å². The van der Waals surface area contributed by atoms with Crippen LogP contribution in [-0.2, 0) is 20.4 Å². The Morgan fingerprint density at radius 3 is 2.00 bits per heavy atom. The molecule has 1 atom stereocenters. The Hall–Kier alpha value is -0.950. The van der Waals surface area contributed by atoms with E-state index >= 15 is 0 Å². The summed E-state index contributed by atoms with van der Waals surface area (Å²) in [5, 5.41) is 0.982. The van der Waals surface area contributed by atoms with E-state index in [9.17, 15) is 0 Å². The van der Waals surface area contributed by atoms with Gasteiger partial charge in [0.25, 0.3) is 0 Å². The summed E-state index contributed by atoms with van der Waals surface area (Å²) in [4.78, 5) is 0. The summed E-state index contributed by atoms with van der Waals surface area (Å²) in [5.74, 6) is 0. The molecule has 160 valence electrons. The van der Waals surface area contributed by atoms with Gasteiger partial charge in [0.15, 0.2) is 0 Å². The molecule has 0 radical (unpaired) electrons. The number of hydrogen-bond acceptors (Lipinski definition) is 0. The Bertz CT molecular complexity index is 1150. The molecule has 0 fully saturated rings. The zero-order valence-corrected chi connectivity index (χ0v) is 24.1. The van der Waals surface area contributed by atoms with E-state index in [1.807, 2.05) is 0 Å². The van der Waals surface area contributed by atoms with Crippen LogP contribution in [0.5, 0.6) is 0 Å². The maximum atomic E-state index is 7.02. The van der Waals surface area contributed by atoms with Crippen molar-refractivity contribution in [2.75, 3.05) is 0 Å². The fourth-order valence-corrected chi connectivity index (χ4v) is 27.9. The maximum absolute atomic E-state index is 7.02. The van der Waals surface area contributed by atoms with Gasteiger partial charge in [0, 0.05) is 0 Å². The van der Waals surface area contributed by atoms with Crippen molar-refractivity contribution in [3.05, 3.63) is 98.1 Å². The van der Waals surface area contributed by atoms with Gasteiger partial charge in [-0.25, -0.2) is 0 Å². The van der Waals surface area contributed by atoms with Crippen molar-refractivity contribution in [2.24, 2.45) is 0 Å². The minimum atomic E-state index is -2.03. The zero-order valence-electron chi connectivity index (χ0n) is 19.9. The summed E-state index contributed by atoms with van der Waals surface area (Å²) in [7, 11) is 0. The van der Waals surface area contributed by atoms with Gasteiger partial charge in [-0.3, -0.25) is 0 Å². The summed E-state index contributed by atoms with van der Waals surface area (Å²) in [6.07, 6.45) is 1.11. The van der Waals surface area contributed by atoms with Gasteiger partial charge in [-0.15, -0.1) is 0 Å². The molecule has 2 aliphatic rings. The Balaban J connectivity index is 2.04. The summed E-state index contributed by atoms with van der Waals surface area (Å²) >= 11 is 4.98. The van der Waals surface area contributed by atoms with Gasteiger partial charge in [-0.1, -0.05) is 0 Å². The van der Waals surface area contributed by atoms with Gasteiger partial charge in [-0.05, 0) is 0 Å². The van der Waals surface area contributed by atoms with E-state index in [0.717, 1.165) is 15.1 Å². The molecule has 0 amide bonds. The van der Waals surface area contributed by atoms with Crippen molar-refractivity contribution in [3.8, 4) is 0 Å². The standard InChI is InChI=1S/C17H14Cl.C9H13.C2H6Si.Zr/c1-2-12-11-15-14(9-6-10-16(15)18)17(12)13-7-4-3-5-8-13;1-6-5-7(2)9(4)8(6)3;1-3-2;/h3-11H,2H2,1H3;5H,1-4H3;1-2H3;. The molecule has 0 spiro atoms. The van der Waals surface area contributed by atoms with Crippen molar-refractivity contribution in [3.63, 3.8) is 0 Å². The first-order valence-electron chi connectivity index (χ1n) is 11.4. The summed E-state index contributed by atoms with van der Waals surface area (Å²) < 4.78 is 1.31. The van der Waals surface area contributed by atoms with Crippen LogP contribution >= 0.6 is 11.6 Å². The van der Waals surface area contributed by atoms with Gasteiger partial charge >= 0.3 is 202 Å². The Morgan fingerprint density at radius 1 is 0.839 bits per heavy atom. The van der Waals surface area contributed by atoms with Crippen LogP contribution in [0.3, 0.4) is 0 Å². The van der Waals surface area contributed by atoms with Crippen LogP contribution in [0.4, 0.5) is 0 Å². The fraction of sp³-hybridized carbons (Fsp3) is 0.357. The molecule has 3 heteroatoms. The first-order chi connectivity index (χ1) is 14.8. The molecular weight excluding hydrogens is 491 g/mol. The van der Waals surface area contributed by atoms with Crippen LogP contribution in [0.15, 0.2) is 76.4 Å². The van der Waals surface area contributed by atoms with Gasteiger partial charge in [0.05, 0.1) is 0 Å². The number of fused-ring (bicyclic) bond motifs is 1. The molecule has 0 saturated carbocycles. The van der Waals surface area contributed by atoms with Crippen LogP contribution in [0.2, 0.25) is 21.7 Å². The molecule has 2 aromatic rings. The van der Waals surface area contributed by atoms with Crippen LogP contribution in [0.1, 0.15) is 61.4 Å². The number of hydrogen-bond donors (Lipinski definition) is 0. The molecule has 0 saturated heterocycles. The molecule has 1 unspecified atom stereocenters. The van der Waals surface area contributed by atoms with Crippen molar-refractivity contribution in [2.45, 2.75) is 61.4 Å². The second-order valence-electron chi connectivity index (χ2n) is 9.26. The zero-order chi connectivity index (χ0) is 22.4. The first kappa shape index (κ1) is 23.2. The second kappa shape index (κ2) is 9.12. The predicted octanol–water partition coefficient (Wildman–Crippen LogP) is 8.95. The molecule has 2 aromatic carbocycles. The van der Waals surface area contributed by atoms with Crippen molar-refractivity contribution in [1.82, 2.24) is 0 Å². The normalized spacial score (nSPS) is 18.9. The summed E-state index contributed by atoms with van der Waals surface area (Å²) in [5.41, 5.74) is 13.3. The third kappa shape index (κ3) is 3.77. The number of halogens is 1. The molecule has 2 aliphatic carbocycles. The average molecular weight is 524 g/mol. The monoisotopic (exact) mass is 522 g/mol. The van der Waals surface area contributed by atoms with E-state index in [1.54, 1.807) is 27.9 Å². The van der Waals surface area contributed by atoms with Gasteiger partial charge < -0.3 is 0 Å². The molecule has 0 bridgehead atoms. The third-order valence-corrected chi connectivity index (χ3v) is 27.7. The van der Waals surface area contributed by atoms with Crippen molar-refractivity contribution < 1.29 is 20.4 Å². The van der Waals surface area contributed by atoms with E-state index in [1.165, 1.54) is 22.3 Å². The molecule has 0 nitrogen and oxygen atoms in total. The van der Waals surface area contributed by atoms with Crippen molar-refractivity contribution >= 4 is 22.6 Å². The quantitative estimate of drug-likeness (QED) is 0.351. The predicted molar refractivity (Wildman–Crippen MR) is 135 cm³/mol. The molecule has 4 rings (SSSR count). The molecule has 0 heterocycles. The van der Waals surface area contributed by atoms with E-state index in [2.05, 4.69) is 96.2 Å². The molecule has 31 heavy (non-hydrogen) atoms. The average Bonchev–Trinajstić information content (AvgIpc) is 3.18. The molecule has 0 aliphatic heterocycles. The SMILES string of the molecule is CCC1=C(c2ccccc2)c2cccc(Cl)c2[CH]1[Zr]([CH]1C(C)=C(C)C(C)=C1C)=[Si](C)C. The Morgan fingerprint density at radius 2 is 1.45 bits per heavy atom. The molecule has 0 N–H and O–H groups in total. The van der Waals surface area contributed by atoms with Crippen LogP contribution < -0.4 is 0 Å². The van der Waals surface area contributed by atoms with E-state index in [4.69, 9.17) is 11.6 Å². The van der Waals surface area contributed by atoms with E-state index in [0.29, 0.717) is 3.63 Å². The molecular formula is C28H33ClSiZr. The summed E-state index contributed by atoms with van der Waals surface area (Å²) in [6, 6.07) is 17.6. The first-order valence-corrected chi connectivity index (χ1v) is 20.8. The van der Waals surface area contributed by atoms with Crippen LogP contribution in [0, 0.1) is 0 Å². The summed E-state index contributed by atoms with van der Waals surface area (Å²) in [6.45, 7) is 17.1. The minimum absolute atomic E-state index is 0.420. The number of benzene rings is 2. The van der Waals surface area contributed by atoms with Gasteiger partial charge in [-0.2, -0.15) is 0 Å². The number of allylic oxidation sites excluding steroid dienone is 5. The van der Waals surface area contributed by atoms with Crippen LogP contribution in [-0.4, -0.2) is 5.43 Å². The van der Waals surface area contributed by atoms with Gasteiger partial charge in [0.1, 0.15) is 0 Å².